The molecule has 0 spiro atoms. The third kappa shape index (κ3) is 2.44. The molecular weight excluding hydrogens is 222 g/mol. The summed E-state index contributed by atoms with van der Waals surface area (Å²) in [6, 6.07) is 0. The van der Waals surface area contributed by atoms with E-state index in [2.05, 4.69) is 25.5 Å². The van der Waals surface area contributed by atoms with Gasteiger partial charge in [-0.3, -0.25) is 5.10 Å². The molecule has 0 amide bonds. The van der Waals surface area contributed by atoms with Crippen LogP contribution in [0.15, 0.2) is 6.20 Å². The van der Waals surface area contributed by atoms with Gasteiger partial charge in [-0.15, -0.1) is 0 Å². The first-order valence-electron chi connectivity index (χ1n) is 5.29. The van der Waals surface area contributed by atoms with E-state index in [1.165, 1.54) is 0 Å². The zero-order valence-corrected chi connectivity index (χ0v) is 10.0. The van der Waals surface area contributed by atoms with Crippen LogP contribution in [0.3, 0.4) is 0 Å². The Morgan fingerprint density at radius 3 is 3.00 bits per heavy atom. The van der Waals surface area contributed by atoms with Crippen LogP contribution >= 0.6 is 0 Å². The van der Waals surface area contributed by atoms with Crippen molar-refractivity contribution in [3.05, 3.63) is 6.20 Å². The van der Waals surface area contributed by atoms with Gasteiger partial charge in [0.1, 0.15) is 11.5 Å². The Balaban J connectivity index is 2.33. The molecule has 2 rings (SSSR count). The van der Waals surface area contributed by atoms with Crippen LogP contribution in [-0.4, -0.2) is 47.0 Å². The maximum absolute atomic E-state index is 5.69. The van der Waals surface area contributed by atoms with Gasteiger partial charge < -0.3 is 14.8 Å². The topological polar surface area (TPSA) is 85.0 Å². The lowest BCUT2D eigenvalue weighted by atomic mass is 10.4. The van der Waals surface area contributed by atoms with Gasteiger partial charge in [-0.25, -0.2) is 0 Å². The van der Waals surface area contributed by atoms with Crippen LogP contribution in [0.1, 0.15) is 6.92 Å². The van der Waals surface area contributed by atoms with E-state index in [4.69, 9.17) is 9.47 Å². The van der Waals surface area contributed by atoms with Gasteiger partial charge in [-0.05, 0) is 6.92 Å². The summed E-state index contributed by atoms with van der Waals surface area (Å²) in [5.74, 6) is 0.985. The predicted octanol–water partition coefficient (Wildman–Crippen LogP) is 0.808. The van der Waals surface area contributed by atoms with Gasteiger partial charge in [0, 0.05) is 14.2 Å². The molecule has 2 heterocycles. The Kier molecular flexibility index (Phi) is 3.38. The minimum absolute atomic E-state index is 0.0855. The second-order valence-electron chi connectivity index (χ2n) is 3.62. The second kappa shape index (κ2) is 4.96. The van der Waals surface area contributed by atoms with Crippen molar-refractivity contribution in [3.8, 4) is 5.88 Å². The minimum Gasteiger partial charge on any atom is -0.472 e. The lowest BCUT2D eigenvalue weighted by Crippen LogP contribution is -2.19. The number of nitrogens with one attached hydrogen (secondary N) is 2. The number of anilines is 1. The van der Waals surface area contributed by atoms with Crippen molar-refractivity contribution in [1.82, 2.24) is 20.2 Å². The molecule has 7 nitrogen and oxygen atoms in total. The lowest BCUT2D eigenvalue weighted by Gasteiger charge is -2.13. The smallest absolute Gasteiger partial charge is 0.229 e. The van der Waals surface area contributed by atoms with E-state index in [-0.39, 0.29) is 6.10 Å². The summed E-state index contributed by atoms with van der Waals surface area (Å²) in [7, 11) is 3.38. The zero-order valence-electron chi connectivity index (χ0n) is 10.0. The Bertz CT molecular complexity index is 498. The monoisotopic (exact) mass is 237 g/mol. The van der Waals surface area contributed by atoms with Crippen molar-refractivity contribution in [3.63, 3.8) is 0 Å². The standard InChI is InChI=1S/C10H15N5O2/c1-6(5-16-3)17-9-7-4-12-15-8(7)13-10(11-2)14-9/h4,6H,5H2,1-3H3,(H2,11,12,13,14,15). The summed E-state index contributed by atoms with van der Waals surface area (Å²) in [4.78, 5) is 8.47. The summed E-state index contributed by atoms with van der Waals surface area (Å²) >= 11 is 0. The van der Waals surface area contributed by atoms with Gasteiger partial charge in [0.05, 0.1) is 12.8 Å². The molecule has 0 aliphatic rings. The number of aromatic amines is 1. The Morgan fingerprint density at radius 1 is 1.47 bits per heavy atom. The first kappa shape index (κ1) is 11.6. The van der Waals surface area contributed by atoms with Crippen LogP contribution in [0.2, 0.25) is 0 Å². The molecule has 1 atom stereocenters. The Hall–Kier alpha value is -1.89. The van der Waals surface area contributed by atoms with Crippen LogP contribution in [0.5, 0.6) is 5.88 Å². The third-order valence-electron chi connectivity index (χ3n) is 2.21. The molecule has 0 fully saturated rings. The summed E-state index contributed by atoms with van der Waals surface area (Å²) in [5, 5.41) is 10.3. The molecular formula is C10H15N5O2. The summed E-state index contributed by atoms with van der Waals surface area (Å²) in [6.45, 7) is 2.41. The molecule has 92 valence electrons. The number of nitrogens with zero attached hydrogens (tertiary/aromatic N) is 3. The Morgan fingerprint density at radius 2 is 2.29 bits per heavy atom. The second-order valence-corrected chi connectivity index (χ2v) is 3.62. The number of H-pyrrole nitrogens is 1. The normalized spacial score (nSPS) is 12.6. The number of methoxy groups -OCH3 is 1. The van der Waals surface area contributed by atoms with Crippen LogP contribution in [0, 0.1) is 0 Å². The molecule has 0 saturated heterocycles. The third-order valence-corrected chi connectivity index (χ3v) is 2.21. The first-order chi connectivity index (χ1) is 8.24. The van der Waals surface area contributed by atoms with E-state index in [1.807, 2.05) is 6.92 Å². The molecule has 0 aromatic carbocycles. The highest BCUT2D eigenvalue weighted by Crippen LogP contribution is 2.22. The fourth-order valence-corrected chi connectivity index (χ4v) is 1.47. The van der Waals surface area contributed by atoms with Gasteiger partial charge in [-0.1, -0.05) is 0 Å². The molecule has 0 aliphatic carbocycles. The SMILES string of the molecule is CNc1nc(OC(C)COC)c2cn[nH]c2n1. The van der Waals surface area contributed by atoms with Crippen molar-refractivity contribution in [1.29, 1.82) is 0 Å². The van der Waals surface area contributed by atoms with Crippen molar-refractivity contribution < 1.29 is 9.47 Å². The highest BCUT2D eigenvalue weighted by Gasteiger charge is 2.12. The highest BCUT2D eigenvalue weighted by atomic mass is 16.5. The number of rotatable bonds is 5. The summed E-state index contributed by atoms with van der Waals surface area (Å²) in [6.07, 6.45) is 1.56. The molecule has 2 aromatic rings. The van der Waals surface area contributed by atoms with Crippen LogP contribution < -0.4 is 10.1 Å². The van der Waals surface area contributed by atoms with Crippen molar-refractivity contribution >= 4 is 17.0 Å². The van der Waals surface area contributed by atoms with E-state index in [9.17, 15) is 0 Å². The van der Waals surface area contributed by atoms with E-state index < -0.39 is 0 Å². The predicted molar refractivity (Wildman–Crippen MR) is 63.2 cm³/mol. The van der Waals surface area contributed by atoms with Gasteiger partial charge in [0.2, 0.25) is 11.8 Å². The fourth-order valence-electron chi connectivity index (χ4n) is 1.47. The summed E-state index contributed by atoms with van der Waals surface area (Å²) in [5.41, 5.74) is 0.643. The van der Waals surface area contributed by atoms with Crippen LogP contribution in [-0.2, 0) is 4.74 Å². The van der Waals surface area contributed by atoms with Crippen molar-refractivity contribution in [2.24, 2.45) is 0 Å². The van der Waals surface area contributed by atoms with Crippen LogP contribution in [0.4, 0.5) is 5.95 Å². The average Bonchev–Trinajstić information content (AvgIpc) is 2.77. The first-order valence-corrected chi connectivity index (χ1v) is 5.29. The summed E-state index contributed by atoms with van der Waals surface area (Å²) < 4.78 is 10.7. The molecule has 1 unspecified atom stereocenters. The molecule has 2 N–H and O–H groups in total. The largest absolute Gasteiger partial charge is 0.472 e. The maximum Gasteiger partial charge on any atom is 0.229 e. The van der Waals surface area contributed by atoms with E-state index >= 15 is 0 Å². The van der Waals surface area contributed by atoms with E-state index in [1.54, 1.807) is 20.4 Å². The number of aromatic nitrogens is 4. The number of hydrogen-bond acceptors (Lipinski definition) is 6. The number of ether oxygens (including phenoxy) is 2. The minimum atomic E-state index is -0.0855. The zero-order chi connectivity index (χ0) is 12.3. The molecule has 0 saturated carbocycles. The van der Waals surface area contributed by atoms with E-state index in [0.29, 0.717) is 24.1 Å². The molecule has 7 heteroatoms. The Labute approximate surface area is 98.6 Å². The fraction of sp³-hybridized carbons (Fsp3) is 0.500. The van der Waals surface area contributed by atoms with Gasteiger partial charge in [0.15, 0.2) is 5.65 Å². The van der Waals surface area contributed by atoms with Gasteiger partial charge >= 0.3 is 0 Å². The molecule has 17 heavy (non-hydrogen) atoms. The molecule has 2 aromatic heterocycles. The number of hydrogen-bond donors (Lipinski definition) is 2. The average molecular weight is 237 g/mol. The van der Waals surface area contributed by atoms with E-state index in [0.717, 1.165) is 5.39 Å². The maximum atomic E-state index is 5.69. The quantitative estimate of drug-likeness (QED) is 0.800. The van der Waals surface area contributed by atoms with Crippen molar-refractivity contribution in [2.45, 2.75) is 13.0 Å². The van der Waals surface area contributed by atoms with Gasteiger partial charge in [-0.2, -0.15) is 15.1 Å². The number of fused-ring (bicyclic) bond motifs is 1. The lowest BCUT2D eigenvalue weighted by molar-refractivity contribution is 0.0901. The molecule has 0 radical (unpaired) electrons. The molecule has 0 aliphatic heterocycles. The molecule has 0 bridgehead atoms. The highest BCUT2D eigenvalue weighted by molar-refractivity contribution is 5.80. The van der Waals surface area contributed by atoms with Gasteiger partial charge in [0.25, 0.3) is 0 Å². The van der Waals surface area contributed by atoms with Crippen molar-refractivity contribution in [2.75, 3.05) is 26.1 Å². The van der Waals surface area contributed by atoms with Crippen LogP contribution in [0.25, 0.3) is 11.0 Å².